The number of imide groups is 1. The van der Waals surface area contributed by atoms with Crippen LogP contribution in [0.2, 0.25) is 0 Å². The third kappa shape index (κ3) is 2.52. The fourth-order valence-electron chi connectivity index (χ4n) is 6.02. The summed E-state index contributed by atoms with van der Waals surface area (Å²) < 4.78 is 11.0. The molecule has 5 rings (SSSR count). The molecule has 2 aliphatic heterocycles. The van der Waals surface area contributed by atoms with Crippen LogP contribution in [0.15, 0.2) is 23.4 Å². The fourth-order valence-corrected chi connectivity index (χ4v) is 6.02. The van der Waals surface area contributed by atoms with Crippen molar-refractivity contribution in [1.82, 2.24) is 9.80 Å². The first-order chi connectivity index (χ1) is 14.5. The number of nitrogens with zero attached hydrogens (tertiary/aromatic N) is 3. The van der Waals surface area contributed by atoms with Crippen molar-refractivity contribution in [3.63, 3.8) is 0 Å². The number of methoxy groups -OCH3 is 2. The molecule has 0 unspecified atom stereocenters. The second kappa shape index (κ2) is 6.97. The number of para-hydroxylation sites is 1. The van der Waals surface area contributed by atoms with Gasteiger partial charge in [-0.15, -0.1) is 0 Å². The van der Waals surface area contributed by atoms with E-state index >= 15 is 0 Å². The predicted molar refractivity (Wildman–Crippen MR) is 108 cm³/mol. The summed E-state index contributed by atoms with van der Waals surface area (Å²) >= 11 is 0. The molecule has 30 heavy (non-hydrogen) atoms. The maximum absolute atomic E-state index is 13.2. The zero-order chi connectivity index (χ0) is 21.2. The first-order valence-electron chi connectivity index (χ1n) is 10.4. The van der Waals surface area contributed by atoms with Gasteiger partial charge in [0.25, 0.3) is 0 Å². The van der Waals surface area contributed by atoms with Gasteiger partial charge in [-0.25, -0.2) is 0 Å². The van der Waals surface area contributed by atoms with E-state index in [0.717, 1.165) is 17.7 Å². The maximum Gasteiger partial charge on any atom is 0.233 e. The van der Waals surface area contributed by atoms with Crippen LogP contribution >= 0.6 is 0 Å². The van der Waals surface area contributed by atoms with E-state index in [9.17, 15) is 9.59 Å². The number of oxime groups is 1. The third-order valence-corrected chi connectivity index (χ3v) is 7.23. The summed E-state index contributed by atoms with van der Waals surface area (Å²) in [6.07, 6.45) is 0.669. The summed E-state index contributed by atoms with van der Waals surface area (Å²) in [5.74, 6) is 0.722. The largest absolute Gasteiger partial charge is 0.493 e. The SMILES string of the molecule is COc1cccc(C2=NO[C@@H]3[C@H]4C[C@@H]([C@@H]23)[C@@H]2C(=O)N(CCN(C)C)C(=O)[C@@H]42)c1OC. The Hall–Kier alpha value is -2.61. The van der Waals surface area contributed by atoms with Crippen LogP contribution in [0.3, 0.4) is 0 Å². The molecule has 0 radical (unpaired) electrons. The van der Waals surface area contributed by atoms with Gasteiger partial charge in [-0.1, -0.05) is 11.2 Å². The minimum absolute atomic E-state index is 0.0113. The smallest absolute Gasteiger partial charge is 0.233 e. The number of fused-ring (bicyclic) bond motifs is 8. The summed E-state index contributed by atoms with van der Waals surface area (Å²) in [5.41, 5.74) is 1.63. The lowest BCUT2D eigenvalue weighted by Crippen LogP contribution is -2.41. The lowest BCUT2D eigenvalue weighted by Gasteiger charge is -2.30. The van der Waals surface area contributed by atoms with Gasteiger partial charge >= 0.3 is 0 Å². The number of rotatable bonds is 6. The van der Waals surface area contributed by atoms with Gasteiger partial charge in [0.15, 0.2) is 11.5 Å². The van der Waals surface area contributed by atoms with Crippen molar-refractivity contribution in [2.45, 2.75) is 12.5 Å². The minimum atomic E-state index is -0.271. The van der Waals surface area contributed by atoms with E-state index in [0.29, 0.717) is 24.6 Å². The second-order valence-electron chi connectivity index (χ2n) is 8.86. The van der Waals surface area contributed by atoms with Gasteiger partial charge in [-0.05, 0) is 38.6 Å². The van der Waals surface area contributed by atoms with E-state index in [1.54, 1.807) is 14.2 Å². The van der Waals surface area contributed by atoms with Crippen LogP contribution in [-0.4, -0.2) is 74.8 Å². The molecule has 3 fully saturated rings. The standard InChI is InChI=1S/C22H27N3O5/c1-24(2)8-9-25-21(26)15-12-10-13(16(15)22(25)27)20-17(12)18(23-30-20)11-6-5-7-14(28-3)19(11)29-4/h5-7,12-13,15-17,20H,8-10H2,1-4H3/t12-,13+,15+,16+,17+,20-/m1/s1. The molecule has 2 saturated carbocycles. The highest BCUT2D eigenvalue weighted by Gasteiger charge is 2.70. The van der Waals surface area contributed by atoms with Crippen LogP contribution in [0.5, 0.6) is 11.5 Å². The van der Waals surface area contributed by atoms with Crippen LogP contribution in [0.4, 0.5) is 0 Å². The molecular weight excluding hydrogens is 386 g/mol. The molecule has 0 aromatic heterocycles. The topological polar surface area (TPSA) is 80.7 Å². The van der Waals surface area contributed by atoms with Crippen molar-refractivity contribution >= 4 is 17.5 Å². The van der Waals surface area contributed by atoms with E-state index in [2.05, 4.69) is 5.16 Å². The molecule has 1 saturated heterocycles. The maximum atomic E-state index is 13.2. The number of carbonyl (C=O) groups is 2. The molecule has 2 bridgehead atoms. The van der Waals surface area contributed by atoms with Gasteiger partial charge in [-0.2, -0.15) is 0 Å². The lowest BCUT2D eigenvalue weighted by atomic mass is 9.71. The van der Waals surface area contributed by atoms with Gasteiger partial charge < -0.3 is 19.2 Å². The van der Waals surface area contributed by atoms with Crippen molar-refractivity contribution in [1.29, 1.82) is 0 Å². The Bertz CT molecular complexity index is 929. The van der Waals surface area contributed by atoms with Crippen LogP contribution < -0.4 is 9.47 Å². The van der Waals surface area contributed by atoms with E-state index in [-0.39, 0.29) is 47.5 Å². The first kappa shape index (κ1) is 19.4. The quantitative estimate of drug-likeness (QED) is 0.653. The van der Waals surface area contributed by atoms with Crippen molar-refractivity contribution in [2.75, 3.05) is 41.4 Å². The Morgan fingerprint density at radius 2 is 1.83 bits per heavy atom. The summed E-state index contributed by atoms with van der Waals surface area (Å²) in [6, 6.07) is 5.69. The molecule has 4 aliphatic rings. The van der Waals surface area contributed by atoms with Gasteiger partial charge in [0, 0.05) is 30.5 Å². The van der Waals surface area contributed by atoms with Gasteiger partial charge in [-0.3, -0.25) is 14.5 Å². The number of likely N-dealkylation sites (tertiary alicyclic amines) is 1. The lowest BCUT2D eigenvalue weighted by molar-refractivity contribution is -0.141. The number of carbonyl (C=O) groups excluding carboxylic acids is 2. The summed E-state index contributed by atoms with van der Waals surface area (Å²) in [7, 11) is 7.09. The first-order valence-corrected chi connectivity index (χ1v) is 10.4. The zero-order valence-corrected chi connectivity index (χ0v) is 17.7. The predicted octanol–water partition coefficient (Wildman–Crippen LogP) is 1.24. The van der Waals surface area contributed by atoms with Gasteiger partial charge in [0.2, 0.25) is 11.8 Å². The van der Waals surface area contributed by atoms with E-state index in [1.165, 1.54) is 4.90 Å². The Morgan fingerprint density at radius 3 is 2.50 bits per heavy atom. The van der Waals surface area contributed by atoms with Crippen LogP contribution in [0.1, 0.15) is 12.0 Å². The van der Waals surface area contributed by atoms with Crippen molar-refractivity contribution in [2.24, 2.45) is 34.7 Å². The Labute approximate surface area is 175 Å². The summed E-state index contributed by atoms with van der Waals surface area (Å²) in [6.45, 7) is 1.11. The number of hydrogen-bond acceptors (Lipinski definition) is 7. The summed E-state index contributed by atoms with van der Waals surface area (Å²) in [4.78, 5) is 35.6. The molecule has 2 amide bonds. The molecule has 6 atom stereocenters. The number of hydrogen-bond donors (Lipinski definition) is 0. The van der Waals surface area contributed by atoms with E-state index in [1.807, 2.05) is 37.2 Å². The zero-order valence-electron chi connectivity index (χ0n) is 17.7. The Balaban J connectivity index is 1.46. The molecule has 0 N–H and O–H groups in total. The highest BCUT2D eigenvalue weighted by Crippen LogP contribution is 2.62. The Kier molecular flexibility index (Phi) is 4.50. The van der Waals surface area contributed by atoms with E-state index < -0.39 is 0 Å². The molecule has 2 heterocycles. The molecule has 160 valence electrons. The van der Waals surface area contributed by atoms with Gasteiger partial charge in [0.1, 0.15) is 6.10 Å². The molecule has 2 aliphatic carbocycles. The molecule has 8 heteroatoms. The number of amides is 2. The molecule has 1 aromatic rings. The number of benzene rings is 1. The van der Waals surface area contributed by atoms with Crippen LogP contribution in [0.25, 0.3) is 0 Å². The van der Waals surface area contributed by atoms with Gasteiger partial charge in [0.05, 0.1) is 31.8 Å². The highest BCUT2D eigenvalue weighted by atomic mass is 16.6. The minimum Gasteiger partial charge on any atom is -0.493 e. The second-order valence-corrected chi connectivity index (χ2v) is 8.86. The normalized spacial score (nSPS) is 33.6. The molecule has 8 nitrogen and oxygen atoms in total. The van der Waals surface area contributed by atoms with Crippen molar-refractivity contribution in [3.8, 4) is 11.5 Å². The van der Waals surface area contributed by atoms with Crippen LogP contribution in [-0.2, 0) is 14.4 Å². The average Bonchev–Trinajstić information content (AvgIpc) is 3.46. The molecular formula is C22H27N3O5. The van der Waals surface area contributed by atoms with Crippen molar-refractivity contribution < 1.29 is 23.9 Å². The monoisotopic (exact) mass is 413 g/mol. The average molecular weight is 413 g/mol. The third-order valence-electron chi connectivity index (χ3n) is 7.23. The van der Waals surface area contributed by atoms with Crippen LogP contribution in [0, 0.1) is 29.6 Å². The number of likely N-dealkylation sites (N-methyl/N-ethyl adjacent to an activating group) is 1. The van der Waals surface area contributed by atoms with Crippen molar-refractivity contribution in [3.05, 3.63) is 23.8 Å². The highest BCUT2D eigenvalue weighted by molar-refractivity contribution is 6.10. The fraction of sp³-hybridized carbons (Fsp3) is 0.591. The molecule has 0 spiro atoms. The van der Waals surface area contributed by atoms with E-state index in [4.69, 9.17) is 14.3 Å². The number of ether oxygens (including phenoxy) is 2. The summed E-state index contributed by atoms with van der Waals surface area (Å²) in [5, 5.41) is 4.41. The molecule has 1 aromatic carbocycles. The Morgan fingerprint density at radius 1 is 1.10 bits per heavy atom.